The van der Waals surface area contributed by atoms with Crippen molar-refractivity contribution >= 4 is 23.4 Å². The number of nitrogens with zero attached hydrogens (tertiary/aromatic N) is 2. The first-order valence-electron chi connectivity index (χ1n) is 6.10. The summed E-state index contributed by atoms with van der Waals surface area (Å²) >= 11 is 0. The lowest BCUT2D eigenvalue weighted by molar-refractivity contribution is -0.116. The summed E-state index contributed by atoms with van der Waals surface area (Å²) in [7, 11) is 0. The molecule has 3 amide bonds. The van der Waals surface area contributed by atoms with Crippen molar-refractivity contribution in [3.8, 4) is 0 Å². The van der Waals surface area contributed by atoms with Gasteiger partial charge in [-0.2, -0.15) is 10.1 Å². The van der Waals surface area contributed by atoms with Crippen LogP contribution in [0.25, 0.3) is 0 Å². The molecule has 1 aromatic carbocycles. The molecule has 2 heterocycles. The quantitative estimate of drug-likeness (QED) is 0.652. The maximum Gasteiger partial charge on any atom is 0.349 e. The largest absolute Gasteiger partial charge is 0.349 e. The van der Waals surface area contributed by atoms with Crippen LogP contribution in [0.1, 0.15) is 23.7 Å². The van der Waals surface area contributed by atoms with Crippen LogP contribution in [0, 0.1) is 0 Å². The fourth-order valence-electron chi connectivity index (χ4n) is 2.26. The number of fused-ring (bicyclic) bond motifs is 1. The number of amides is 3. The molecule has 0 bridgehead atoms. The molecule has 1 saturated heterocycles. The molecule has 0 unspecified atom stereocenters. The van der Waals surface area contributed by atoms with Crippen LogP contribution in [0.2, 0.25) is 0 Å². The van der Waals surface area contributed by atoms with E-state index in [9.17, 15) is 14.4 Å². The normalized spacial score (nSPS) is 17.9. The van der Waals surface area contributed by atoms with Crippen molar-refractivity contribution in [1.29, 1.82) is 0 Å². The van der Waals surface area contributed by atoms with Gasteiger partial charge in [-0.05, 0) is 6.92 Å². The Morgan fingerprint density at radius 2 is 1.95 bits per heavy atom. The van der Waals surface area contributed by atoms with Crippen molar-refractivity contribution in [1.82, 2.24) is 10.3 Å². The fraction of sp³-hybridized carbons (Fsp3) is 0.143. The Morgan fingerprint density at radius 3 is 2.65 bits per heavy atom. The van der Waals surface area contributed by atoms with Crippen LogP contribution in [0.4, 0.5) is 4.79 Å². The van der Waals surface area contributed by atoms with Crippen LogP contribution in [0.3, 0.4) is 0 Å². The van der Waals surface area contributed by atoms with Gasteiger partial charge >= 0.3 is 6.03 Å². The summed E-state index contributed by atoms with van der Waals surface area (Å²) in [6, 6.07) is 8.04. The number of hydrogen-bond acceptors (Lipinski definition) is 4. The Morgan fingerprint density at radius 1 is 1.25 bits per heavy atom. The number of carbonyl (C=O) groups is 3. The number of urea groups is 1. The number of imide groups is 1. The van der Waals surface area contributed by atoms with Crippen molar-refractivity contribution in [2.45, 2.75) is 13.3 Å². The lowest BCUT2D eigenvalue weighted by Crippen LogP contribution is -2.28. The number of hydrazone groups is 1. The van der Waals surface area contributed by atoms with Gasteiger partial charge < -0.3 is 0 Å². The van der Waals surface area contributed by atoms with Crippen LogP contribution >= 0.6 is 0 Å². The average molecular weight is 269 g/mol. The third kappa shape index (κ3) is 1.82. The Bertz CT molecular complexity index is 689. The molecule has 6 nitrogen and oxygen atoms in total. The second-order valence-electron chi connectivity index (χ2n) is 4.61. The third-order valence-electron chi connectivity index (χ3n) is 3.14. The van der Waals surface area contributed by atoms with Gasteiger partial charge in [0.25, 0.3) is 5.91 Å². The molecule has 20 heavy (non-hydrogen) atoms. The van der Waals surface area contributed by atoms with Crippen molar-refractivity contribution < 1.29 is 14.4 Å². The molecule has 1 N–H and O–H groups in total. The van der Waals surface area contributed by atoms with Gasteiger partial charge in [0.05, 0.1) is 0 Å². The van der Waals surface area contributed by atoms with Crippen molar-refractivity contribution in [2.75, 3.05) is 0 Å². The molecule has 0 radical (unpaired) electrons. The molecular weight excluding hydrogens is 258 g/mol. The first-order valence-corrected chi connectivity index (χ1v) is 6.10. The van der Waals surface area contributed by atoms with Crippen LogP contribution in [0.5, 0.6) is 0 Å². The average Bonchev–Trinajstić information content (AvgIpc) is 2.73. The maximum atomic E-state index is 12.5. The minimum atomic E-state index is -0.623. The summed E-state index contributed by atoms with van der Waals surface area (Å²) in [5, 5.41) is 7.13. The van der Waals surface area contributed by atoms with Gasteiger partial charge in [-0.3, -0.25) is 14.9 Å². The molecule has 0 aliphatic carbocycles. The van der Waals surface area contributed by atoms with Crippen molar-refractivity contribution in [2.24, 2.45) is 5.10 Å². The number of carbonyl (C=O) groups excluding carboxylic acids is 3. The summed E-state index contributed by atoms with van der Waals surface area (Å²) in [6.45, 7) is 1.71. The molecule has 6 heteroatoms. The van der Waals surface area contributed by atoms with Gasteiger partial charge in [0.1, 0.15) is 5.70 Å². The Kier molecular flexibility index (Phi) is 2.71. The molecule has 0 atom stereocenters. The van der Waals surface area contributed by atoms with E-state index in [0.29, 0.717) is 16.8 Å². The van der Waals surface area contributed by atoms with Gasteiger partial charge in [-0.1, -0.05) is 30.3 Å². The highest BCUT2D eigenvalue weighted by molar-refractivity contribution is 6.21. The Hall–Kier alpha value is -2.76. The first-order chi connectivity index (χ1) is 9.58. The molecule has 1 fully saturated rings. The Labute approximate surface area is 114 Å². The summed E-state index contributed by atoms with van der Waals surface area (Å²) < 4.78 is 0. The number of Topliss-reactive ketones (excluding diaryl/α,β-unsaturated/α-hetero) is 1. The summed E-state index contributed by atoms with van der Waals surface area (Å²) in [6.07, 6.45) is 0.264. The summed E-state index contributed by atoms with van der Waals surface area (Å²) in [5.74, 6) is -0.838. The minimum absolute atomic E-state index is 0.0365. The number of allylic oxidation sites excluding steroid dienone is 1. The minimum Gasteiger partial charge on any atom is -0.289 e. The lowest BCUT2D eigenvalue weighted by Gasteiger charge is -2.19. The molecule has 3 rings (SSSR count). The van der Waals surface area contributed by atoms with Gasteiger partial charge in [0, 0.05) is 23.3 Å². The van der Waals surface area contributed by atoms with Gasteiger partial charge in [-0.15, -0.1) is 0 Å². The highest BCUT2D eigenvalue weighted by Gasteiger charge is 2.40. The predicted molar refractivity (Wildman–Crippen MR) is 70.9 cm³/mol. The zero-order valence-electron chi connectivity index (χ0n) is 10.7. The van der Waals surface area contributed by atoms with Crippen LogP contribution in [0.15, 0.2) is 46.7 Å². The van der Waals surface area contributed by atoms with E-state index >= 15 is 0 Å². The summed E-state index contributed by atoms with van der Waals surface area (Å²) in [4.78, 5) is 35.9. The molecule has 1 aromatic rings. The van der Waals surface area contributed by atoms with Crippen LogP contribution in [-0.2, 0) is 4.79 Å². The third-order valence-corrected chi connectivity index (χ3v) is 3.14. The molecular formula is C14H11N3O3. The van der Waals surface area contributed by atoms with E-state index in [4.69, 9.17) is 0 Å². The highest BCUT2D eigenvalue weighted by Crippen LogP contribution is 2.27. The molecule has 0 spiro atoms. The predicted octanol–water partition coefficient (Wildman–Crippen LogP) is 1.45. The van der Waals surface area contributed by atoms with E-state index in [1.165, 1.54) is 0 Å². The zero-order chi connectivity index (χ0) is 14.3. The number of benzene rings is 1. The smallest absolute Gasteiger partial charge is 0.289 e. The first kappa shape index (κ1) is 12.3. The number of ketones is 1. The molecule has 2 aliphatic heterocycles. The number of hydrogen-bond donors (Lipinski definition) is 1. The van der Waals surface area contributed by atoms with Gasteiger partial charge in [0.15, 0.2) is 5.78 Å². The van der Waals surface area contributed by atoms with Crippen LogP contribution in [-0.4, -0.2) is 28.4 Å². The fourth-order valence-corrected chi connectivity index (χ4v) is 2.26. The van der Waals surface area contributed by atoms with E-state index in [1.54, 1.807) is 37.3 Å². The van der Waals surface area contributed by atoms with E-state index in [0.717, 1.165) is 5.01 Å². The number of rotatable bonds is 2. The summed E-state index contributed by atoms with van der Waals surface area (Å²) in [5.41, 5.74) is 1.43. The highest BCUT2D eigenvalue weighted by atomic mass is 16.2. The van der Waals surface area contributed by atoms with E-state index in [2.05, 4.69) is 10.4 Å². The maximum absolute atomic E-state index is 12.5. The van der Waals surface area contributed by atoms with Gasteiger partial charge in [-0.25, -0.2) is 4.79 Å². The van der Waals surface area contributed by atoms with Crippen LogP contribution < -0.4 is 5.32 Å². The molecule has 100 valence electrons. The standard InChI is InChI=1S/C14H11N3O3/c1-8-7-10(12(18)9-5-3-2-4-6-9)11-13(19)15-14(20)17(11)16-8/h2-6H,7H2,1H3,(H,15,19,20). The SMILES string of the molecule is CC1=NN2C(=O)NC(=O)C2=C(C(=O)c2ccccc2)C1. The van der Waals surface area contributed by atoms with E-state index in [-0.39, 0.29) is 17.9 Å². The lowest BCUT2D eigenvalue weighted by atomic mass is 9.96. The van der Waals surface area contributed by atoms with E-state index in [1.807, 2.05) is 0 Å². The number of nitrogens with one attached hydrogen (secondary N) is 1. The topological polar surface area (TPSA) is 78.8 Å². The van der Waals surface area contributed by atoms with Crippen molar-refractivity contribution in [3.05, 3.63) is 47.2 Å². The molecule has 0 saturated carbocycles. The van der Waals surface area contributed by atoms with Crippen molar-refractivity contribution in [3.63, 3.8) is 0 Å². The molecule has 2 aliphatic rings. The second kappa shape index (κ2) is 4.41. The Balaban J connectivity index is 2.10. The van der Waals surface area contributed by atoms with E-state index < -0.39 is 11.9 Å². The zero-order valence-corrected chi connectivity index (χ0v) is 10.7. The van der Waals surface area contributed by atoms with Gasteiger partial charge in [0.2, 0.25) is 0 Å². The second-order valence-corrected chi connectivity index (χ2v) is 4.61. The monoisotopic (exact) mass is 269 g/mol. The molecule has 0 aromatic heterocycles.